The topological polar surface area (TPSA) is 9.23 Å². The van der Waals surface area contributed by atoms with Crippen molar-refractivity contribution in [3.05, 3.63) is 26.6 Å². The van der Waals surface area contributed by atoms with Crippen molar-refractivity contribution in [1.82, 2.24) is 0 Å². The Morgan fingerprint density at radius 3 is 2.20 bits per heavy atom. The first-order chi connectivity index (χ1) is 7.08. The Morgan fingerprint density at radius 1 is 1.27 bits per heavy atom. The Hall–Kier alpha value is 0.460. The number of hydrogen-bond acceptors (Lipinski definition) is 1. The first-order valence-electron chi connectivity index (χ1n) is 4.79. The van der Waals surface area contributed by atoms with Gasteiger partial charge in [-0.1, -0.05) is 22.9 Å². The van der Waals surface area contributed by atoms with Gasteiger partial charge in [0.1, 0.15) is 5.75 Å². The second kappa shape index (κ2) is 6.26. The van der Waals surface area contributed by atoms with E-state index in [0.717, 1.165) is 26.4 Å². The Kier molecular flexibility index (Phi) is 5.64. The number of rotatable bonds is 4. The monoisotopic (exact) mass is 398 g/mol. The molecule has 1 aromatic carbocycles. The molecule has 1 atom stereocenters. The van der Waals surface area contributed by atoms with Gasteiger partial charge in [-0.25, -0.2) is 0 Å². The van der Waals surface area contributed by atoms with Gasteiger partial charge in [-0.15, -0.1) is 0 Å². The van der Waals surface area contributed by atoms with Crippen LogP contribution in [0.1, 0.15) is 25.8 Å². The molecule has 0 saturated carbocycles. The van der Waals surface area contributed by atoms with Crippen LogP contribution in [0.5, 0.6) is 5.75 Å². The fourth-order valence-electron chi connectivity index (χ4n) is 1.09. The molecule has 0 N–H and O–H groups in total. The second-order valence-corrected chi connectivity index (χ2v) is 5.63. The summed E-state index contributed by atoms with van der Waals surface area (Å²) in [6, 6.07) is 4.13. The maximum absolute atomic E-state index is 5.82. The molecule has 0 heterocycles. The fourth-order valence-corrected chi connectivity index (χ4v) is 2.88. The highest BCUT2D eigenvalue weighted by molar-refractivity contribution is 9.11. The molecule has 0 aliphatic rings. The number of halogens is 3. The van der Waals surface area contributed by atoms with Crippen LogP contribution < -0.4 is 4.74 Å². The molecule has 0 aliphatic carbocycles. The molecular formula is C11H13Br3O. The summed E-state index contributed by atoms with van der Waals surface area (Å²) < 4.78 is 7.80. The van der Waals surface area contributed by atoms with E-state index in [1.807, 2.05) is 0 Å². The third kappa shape index (κ3) is 3.75. The van der Waals surface area contributed by atoms with Gasteiger partial charge in [-0.05, 0) is 62.9 Å². The highest BCUT2D eigenvalue weighted by Crippen LogP contribution is 2.36. The number of benzene rings is 1. The highest BCUT2D eigenvalue weighted by Gasteiger charge is 2.11. The van der Waals surface area contributed by atoms with Crippen molar-refractivity contribution >= 4 is 47.8 Å². The van der Waals surface area contributed by atoms with Gasteiger partial charge in [-0.3, -0.25) is 0 Å². The van der Waals surface area contributed by atoms with Crippen molar-refractivity contribution in [2.45, 2.75) is 31.7 Å². The van der Waals surface area contributed by atoms with Crippen LogP contribution in [-0.2, 0) is 5.33 Å². The molecule has 0 fully saturated rings. The third-order valence-corrected chi connectivity index (χ3v) is 3.93. The molecule has 0 aromatic heterocycles. The van der Waals surface area contributed by atoms with Crippen LogP contribution in [0, 0.1) is 0 Å². The molecule has 1 aromatic rings. The van der Waals surface area contributed by atoms with Crippen LogP contribution in [0.2, 0.25) is 0 Å². The number of alkyl halides is 1. The average molecular weight is 401 g/mol. The van der Waals surface area contributed by atoms with Crippen molar-refractivity contribution in [1.29, 1.82) is 0 Å². The lowest BCUT2D eigenvalue weighted by Crippen LogP contribution is -2.10. The lowest BCUT2D eigenvalue weighted by atomic mass is 10.2. The van der Waals surface area contributed by atoms with Crippen molar-refractivity contribution in [2.75, 3.05) is 0 Å². The average Bonchev–Trinajstić information content (AvgIpc) is 2.22. The van der Waals surface area contributed by atoms with Crippen molar-refractivity contribution in [3.8, 4) is 5.75 Å². The van der Waals surface area contributed by atoms with Gasteiger partial charge < -0.3 is 4.74 Å². The first kappa shape index (κ1) is 13.5. The van der Waals surface area contributed by atoms with Gasteiger partial charge in [-0.2, -0.15) is 0 Å². The fraction of sp³-hybridized carbons (Fsp3) is 0.455. The van der Waals surface area contributed by atoms with Gasteiger partial charge in [0, 0.05) is 5.33 Å². The summed E-state index contributed by atoms with van der Waals surface area (Å²) in [5.41, 5.74) is 1.21. The summed E-state index contributed by atoms with van der Waals surface area (Å²) in [6.45, 7) is 4.18. The van der Waals surface area contributed by atoms with Gasteiger partial charge in [0.25, 0.3) is 0 Å². The highest BCUT2D eigenvalue weighted by atomic mass is 79.9. The van der Waals surface area contributed by atoms with Crippen LogP contribution >= 0.6 is 47.8 Å². The van der Waals surface area contributed by atoms with E-state index in [9.17, 15) is 0 Å². The first-order valence-corrected chi connectivity index (χ1v) is 7.49. The molecule has 1 nitrogen and oxygen atoms in total. The van der Waals surface area contributed by atoms with E-state index in [4.69, 9.17) is 4.74 Å². The van der Waals surface area contributed by atoms with E-state index in [-0.39, 0.29) is 6.10 Å². The Balaban J connectivity index is 2.98. The minimum Gasteiger partial charge on any atom is -0.488 e. The van der Waals surface area contributed by atoms with E-state index in [2.05, 4.69) is 73.8 Å². The summed E-state index contributed by atoms with van der Waals surface area (Å²) in [7, 11) is 0. The molecule has 0 spiro atoms. The van der Waals surface area contributed by atoms with E-state index in [1.54, 1.807) is 0 Å². The Labute approximate surface area is 116 Å². The molecule has 0 bridgehead atoms. The Morgan fingerprint density at radius 2 is 1.80 bits per heavy atom. The van der Waals surface area contributed by atoms with Gasteiger partial charge in [0.05, 0.1) is 15.0 Å². The molecule has 0 saturated heterocycles. The summed E-state index contributed by atoms with van der Waals surface area (Å²) >= 11 is 10.5. The van der Waals surface area contributed by atoms with Gasteiger partial charge in [0.15, 0.2) is 0 Å². The minimum atomic E-state index is 0.229. The SMILES string of the molecule is CCC(C)Oc1c(Br)cc(CBr)cc1Br. The Bertz CT molecular complexity index is 316. The molecule has 1 unspecified atom stereocenters. The summed E-state index contributed by atoms with van der Waals surface area (Å²) in [4.78, 5) is 0. The predicted octanol–water partition coefficient (Wildman–Crippen LogP) is 5.28. The maximum Gasteiger partial charge on any atom is 0.148 e. The third-order valence-electron chi connectivity index (χ3n) is 2.11. The van der Waals surface area contributed by atoms with Crippen LogP contribution in [-0.4, -0.2) is 6.10 Å². The molecule has 0 radical (unpaired) electrons. The van der Waals surface area contributed by atoms with Crippen molar-refractivity contribution in [2.24, 2.45) is 0 Å². The normalized spacial score (nSPS) is 12.6. The van der Waals surface area contributed by atoms with Crippen LogP contribution in [0.4, 0.5) is 0 Å². The van der Waals surface area contributed by atoms with Crippen LogP contribution in [0.3, 0.4) is 0 Å². The predicted molar refractivity (Wildman–Crippen MR) is 74.9 cm³/mol. The van der Waals surface area contributed by atoms with Crippen LogP contribution in [0.25, 0.3) is 0 Å². The zero-order chi connectivity index (χ0) is 11.4. The molecule has 15 heavy (non-hydrogen) atoms. The molecule has 84 valence electrons. The zero-order valence-electron chi connectivity index (χ0n) is 8.69. The standard InChI is InChI=1S/C11H13Br3O/c1-3-7(2)15-11-9(13)4-8(6-12)5-10(11)14/h4-5,7H,3,6H2,1-2H3. The molecule has 4 heteroatoms. The molecular weight excluding hydrogens is 388 g/mol. The summed E-state index contributed by atoms with van der Waals surface area (Å²) in [5, 5.41) is 0.841. The number of ether oxygens (including phenoxy) is 1. The molecule has 0 amide bonds. The lowest BCUT2D eigenvalue weighted by Gasteiger charge is -2.16. The van der Waals surface area contributed by atoms with Crippen LogP contribution in [0.15, 0.2) is 21.1 Å². The molecule has 1 rings (SSSR count). The zero-order valence-corrected chi connectivity index (χ0v) is 13.4. The largest absolute Gasteiger partial charge is 0.488 e. The smallest absolute Gasteiger partial charge is 0.148 e. The van der Waals surface area contributed by atoms with E-state index < -0.39 is 0 Å². The minimum absolute atomic E-state index is 0.229. The maximum atomic E-state index is 5.82. The number of hydrogen-bond donors (Lipinski definition) is 0. The second-order valence-electron chi connectivity index (χ2n) is 3.36. The van der Waals surface area contributed by atoms with E-state index in [0.29, 0.717) is 0 Å². The summed E-state index contributed by atoms with van der Waals surface area (Å²) in [5.74, 6) is 0.883. The van der Waals surface area contributed by atoms with Crippen molar-refractivity contribution in [3.63, 3.8) is 0 Å². The van der Waals surface area contributed by atoms with Gasteiger partial charge >= 0.3 is 0 Å². The van der Waals surface area contributed by atoms with E-state index in [1.165, 1.54) is 5.56 Å². The van der Waals surface area contributed by atoms with E-state index >= 15 is 0 Å². The summed E-state index contributed by atoms with van der Waals surface area (Å²) in [6.07, 6.45) is 1.23. The van der Waals surface area contributed by atoms with Crippen molar-refractivity contribution < 1.29 is 4.74 Å². The lowest BCUT2D eigenvalue weighted by molar-refractivity contribution is 0.214. The molecule has 0 aliphatic heterocycles. The van der Waals surface area contributed by atoms with Gasteiger partial charge in [0.2, 0.25) is 0 Å². The quantitative estimate of drug-likeness (QED) is 0.624.